The largest absolute Gasteiger partial charge is 0.0985 e. The average molecular weight is 369 g/mol. The quantitative estimate of drug-likeness (QED) is 0.382. The molecule has 0 nitrogen and oxygen atoms in total. The summed E-state index contributed by atoms with van der Waals surface area (Å²) >= 11 is 0. The molecule has 3 rings (SSSR count). The molecule has 0 aliphatic rings. The van der Waals surface area contributed by atoms with Gasteiger partial charge in [0.1, 0.15) is 0 Å². The second kappa shape index (κ2) is 16.1. The normalized spacial score (nSPS) is 9.46. The second-order valence-corrected chi connectivity index (χ2v) is 6.18. The van der Waals surface area contributed by atoms with Crippen LogP contribution in [0, 0.1) is 0 Å². The Hall–Kier alpha value is -3.12. The van der Waals surface area contributed by atoms with Gasteiger partial charge >= 0.3 is 0 Å². The summed E-state index contributed by atoms with van der Waals surface area (Å²) < 4.78 is 0. The Morgan fingerprint density at radius 2 is 1.00 bits per heavy atom. The molecule has 0 saturated heterocycles. The van der Waals surface area contributed by atoms with Gasteiger partial charge in [0, 0.05) is 0 Å². The molecule has 144 valence electrons. The van der Waals surface area contributed by atoms with E-state index in [4.69, 9.17) is 0 Å². The molecule has 0 aromatic heterocycles. The zero-order valence-electron chi connectivity index (χ0n) is 17.0. The van der Waals surface area contributed by atoms with E-state index in [0.717, 1.165) is 0 Å². The smallest absolute Gasteiger partial charge is 0.0260 e. The van der Waals surface area contributed by atoms with Gasteiger partial charge in [0.15, 0.2) is 0 Å². The molecule has 0 unspecified atom stereocenters. The van der Waals surface area contributed by atoms with Crippen LogP contribution >= 0.6 is 0 Å². The summed E-state index contributed by atoms with van der Waals surface area (Å²) in [6.45, 7) is 9.48. The lowest BCUT2D eigenvalue weighted by atomic mass is 10.2. The summed E-state index contributed by atoms with van der Waals surface area (Å²) in [5.41, 5.74) is 3.65. The lowest BCUT2D eigenvalue weighted by Gasteiger charge is -1.91. The van der Waals surface area contributed by atoms with Crippen molar-refractivity contribution in [3.63, 3.8) is 0 Å². The molecule has 0 fully saturated rings. The molecule has 0 heteroatoms. The predicted octanol–water partition coefficient (Wildman–Crippen LogP) is 8.55. The van der Waals surface area contributed by atoms with Crippen molar-refractivity contribution in [1.82, 2.24) is 0 Å². The average Bonchev–Trinajstić information content (AvgIpc) is 2.79. The lowest BCUT2D eigenvalue weighted by Crippen LogP contribution is -1.69. The fraction of sp³-hybridized carbons (Fsp3) is 0.143. The van der Waals surface area contributed by atoms with Gasteiger partial charge in [-0.15, -0.1) is 0 Å². The van der Waals surface area contributed by atoms with Crippen molar-refractivity contribution in [2.45, 2.75) is 26.2 Å². The summed E-state index contributed by atoms with van der Waals surface area (Å²) in [5.74, 6) is 0. The molecular formula is C28H32. The number of allylic oxidation sites excluding steroid dienone is 1. The van der Waals surface area contributed by atoms with E-state index in [0.29, 0.717) is 0 Å². The van der Waals surface area contributed by atoms with Gasteiger partial charge in [-0.3, -0.25) is 0 Å². The first-order valence-electron chi connectivity index (χ1n) is 9.86. The van der Waals surface area contributed by atoms with Gasteiger partial charge in [-0.05, 0) is 23.1 Å². The standard InChI is InChI=1S/C12H16.2C8H8/c1-2-3-4-6-9-12-10-7-5-8-11-12;2*1-2-8-6-4-3-5-7-8/h5-11H,2-4H2,1H3;2*2-7H,1H2. The Morgan fingerprint density at radius 1 is 0.607 bits per heavy atom. The van der Waals surface area contributed by atoms with Crippen LogP contribution < -0.4 is 0 Å². The van der Waals surface area contributed by atoms with Crippen molar-refractivity contribution in [3.8, 4) is 0 Å². The number of unbranched alkanes of at least 4 members (excludes halogenated alkanes) is 2. The Morgan fingerprint density at radius 3 is 1.32 bits per heavy atom. The van der Waals surface area contributed by atoms with Crippen molar-refractivity contribution in [1.29, 1.82) is 0 Å². The number of rotatable bonds is 6. The summed E-state index contributed by atoms with van der Waals surface area (Å²) in [6.07, 6.45) is 11.9. The summed E-state index contributed by atoms with van der Waals surface area (Å²) in [5, 5.41) is 0. The molecule has 0 N–H and O–H groups in total. The van der Waals surface area contributed by atoms with Crippen LogP contribution in [0.1, 0.15) is 42.9 Å². The van der Waals surface area contributed by atoms with Crippen LogP contribution in [-0.2, 0) is 0 Å². The lowest BCUT2D eigenvalue weighted by molar-refractivity contribution is 0.816. The fourth-order valence-corrected chi connectivity index (χ4v) is 2.28. The molecule has 28 heavy (non-hydrogen) atoms. The highest BCUT2D eigenvalue weighted by molar-refractivity contribution is 5.48. The van der Waals surface area contributed by atoms with E-state index in [9.17, 15) is 0 Å². The Balaban J connectivity index is 0.000000217. The van der Waals surface area contributed by atoms with Crippen LogP contribution in [0.4, 0.5) is 0 Å². The van der Waals surface area contributed by atoms with E-state index < -0.39 is 0 Å². The van der Waals surface area contributed by atoms with Gasteiger partial charge in [-0.2, -0.15) is 0 Å². The summed E-state index contributed by atoms with van der Waals surface area (Å²) in [4.78, 5) is 0. The molecule has 0 radical (unpaired) electrons. The van der Waals surface area contributed by atoms with E-state index in [1.165, 1.54) is 36.0 Å². The predicted molar refractivity (Wildman–Crippen MR) is 128 cm³/mol. The summed E-state index contributed by atoms with van der Waals surface area (Å²) in [6, 6.07) is 30.5. The maximum absolute atomic E-state index is 3.63. The Bertz CT molecular complexity index is 725. The van der Waals surface area contributed by atoms with Crippen molar-refractivity contribution in [2.24, 2.45) is 0 Å². The van der Waals surface area contributed by atoms with Crippen molar-refractivity contribution < 1.29 is 0 Å². The molecule has 3 aromatic carbocycles. The second-order valence-electron chi connectivity index (χ2n) is 6.18. The zero-order chi connectivity index (χ0) is 20.3. The van der Waals surface area contributed by atoms with Gasteiger partial charge in [-0.1, -0.05) is 148 Å². The number of benzene rings is 3. The van der Waals surface area contributed by atoms with E-state index in [2.05, 4.69) is 56.5 Å². The summed E-state index contributed by atoms with van der Waals surface area (Å²) in [7, 11) is 0. The van der Waals surface area contributed by atoms with E-state index in [1.807, 2.05) is 78.9 Å². The third kappa shape index (κ3) is 11.5. The highest BCUT2D eigenvalue weighted by Crippen LogP contribution is 2.03. The number of hydrogen-bond acceptors (Lipinski definition) is 0. The van der Waals surface area contributed by atoms with Crippen molar-refractivity contribution in [3.05, 3.63) is 127 Å². The topological polar surface area (TPSA) is 0 Å². The maximum Gasteiger partial charge on any atom is -0.0260 e. The van der Waals surface area contributed by atoms with Crippen LogP contribution in [0.3, 0.4) is 0 Å². The minimum atomic E-state index is 1.17. The van der Waals surface area contributed by atoms with Crippen molar-refractivity contribution >= 4 is 18.2 Å². The third-order valence-electron chi connectivity index (χ3n) is 3.90. The van der Waals surface area contributed by atoms with Gasteiger partial charge in [-0.25, -0.2) is 0 Å². The highest BCUT2D eigenvalue weighted by Gasteiger charge is 1.82. The first-order chi connectivity index (χ1) is 13.8. The SMILES string of the molecule is C=Cc1ccccc1.C=Cc1ccccc1.CCCCC=Cc1ccccc1. The van der Waals surface area contributed by atoms with Crippen molar-refractivity contribution in [2.75, 3.05) is 0 Å². The minimum Gasteiger partial charge on any atom is -0.0985 e. The Kier molecular flexibility index (Phi) is 13.2. The van der Waals surface area contributed by atoms with Gasteiger partial charge in [0.2, 0.25) is 0 Å². The molecule has 0 bridgehead atoms. The van der Waals surface area contributed by atoms with Crippen LogP contribution in [0.15, 0.2) is 110 Å². The fourth-order valence-electron chi connectivity index (χ4n) is 2.28. The molecule has 3 aromatic rings. The van der Waals surface area contributed by atoms with E-state index in [1.54, 1.807) is 0 Å². The molecule has 0 spiro atoms. The van der Waals surface area contributed by atoms with Gasteiger partial charge in [0.25, 0.3) is 0 Å². The Labute approximate surface area is 171 Å². The molecule has 0 aliphatic heterocycles. The van der Waals surface area contributed by atoms with E-state index >= 15 is 0 Å². The minimum absolute atomic E-state index is 1.17. The maximum atomic E-state index is 3.63. The third-order valence-corrected chi connectivity index (χ3v) is 3.90. The molecule has 0 saturated carbocycles. The molecular weight excluding hydrogens is 336 g/mol. The van der Waals surface area contributed by atoms with E-state index in [-0.39, 0.29) is 0 Å². The van der Waals surface area contributed by atoms with Gasteiger partial charge in [0.05, 0.1) is 0 Å². The number of hydrogen-bond donors (Lipinski definition) is 0. The van der Waals surface area contributed by atoms with Crippen LogP contribution in [0.5, 0.6) is 0 Å². The first-order valence-corrected chi connectivity index (χ1v) is 9.86. The van der Waals surface area contributed by atoms with Crippen LogP contribution in [-0.4, -0.2) is 0 Å². The first kappa shape index (κ1) is 22.9. The zero-order valence-corrected chi connectivity index (χ0v) is 17.0. The molecule has 0 aliphatic carbocycles. The monoisotopic (exact) mass is 368 g/mol. The molecule has 0 atom stereocenters. The van der Waals surface area contributed by atoms with Gasteiger partial charge < -0.3 is 0 Å². The molecule has 0 heterocycles. The van der Waals surface area contributed by atoms with Crippen LogP contribution in [0.2, 0.25) is 0 Å². The molecule has 0 amide bonds. The van der Waals surface area contributed by atoms with Crippen LogP contribution in [0.25, 0.3) is 18.2 Å². The highest BCUT2D eigenvalue weighted by atomic mass is 13.9.